The fourth-order valence-corrected chi connectivity index (χ4v) is 4.66. The van der Waals surface area contributed by atoms with Crippen LogP contribution in [-0.2, 0) is 33.4 Å². The molecule has 0 aromatic rings. The molecule has 0 aromatic heterocycles. The minimum absolute atomic E-state index is 0.0975. The molecule has 0 aromatic carbocycles. The smallest absolute Gasteiger partial charge is 0.322 e. The second-order valence-electron chi connectivity index (χ2n) is 11.3. The van der Waals surface area contributed by atoms with E-state index in [1.165, 1.54) is 0 Å². The number of carbonyl (C=O) groups excluding carboxylic acids is 2. The molecule has 0 radical (unpaired) electrons. The normalized spacial score (nSPS) is 23.0. The molecule has 0 bridgehead atoms. The highest BCUT2D eigenvalue weighted by Crippen LogP contribution is 2.27. The van der Waals surface area contributed by atoms with E-state index in [2.05, 4.69) is 5.32 Å². The van der Waals surface area contributed by atoms with Gasteiger partial charge in [-0.25, -0.2) is 0 Å². The van der Waals surface area contributed by atoms with E-state index in [0.717, 1.165) is 70.6 Å². The summed E-state index contributed by atoms with van der Waals surface area (Å²) in [5.74, 6) is -3.08. The number of hydrogen-bond donors (Lipinski definition) is 6. The molecule has 13 heteroatoms. The number of carboxylic acids is 2. The van der Waals surface area contributed by atoms with Gasteiger partial charge >= 0.3 is 17.9 Å². The molecule has 42 heavy (non-hydrogen) atoms. The summed E-state index contributed by atoms with van der Waals surface area (Å²) in [6.07, 6.45) is 3.40. The van der Waals surface area contributed by atoms with Gasteiger partial charge in [-0.2, -0.15) is 0 Å². The Morgan fingerprint density at radius 2 is 1.31 bits per heavy atom. The van der Waals surface area contributed by atoms with Crippen LogP contribution in [0.1, 0.15) is 104 Å². The Hall–Kier alpha value is -2.32. The van der Waals surface area contributed by atoms with Crippen molar-refractivity contribution >= 4 is 23.8 Å². The quantitative estimate of drug-likeness (QED) is 0.0731. The Morgan fingerprint density at radius 3 is 1.86 bits per heavy atom. The predicted octanol–water partition coefficient (Wildman–Crippen LogP) is 2.13. The van der Waals surface area contributed by atoms with E-state index in [9.17, 15) is 34.5 Å². The van der Waals surface area contributed by atoms with E-state index in [4.69, 9.17) is 24.4 Å². The van der Waals surface area contributed by atoms with Gasteiger partial charge in [-0.3, -0.25) is 19.2 Å². The second kappa shape index (κ2) is 21.4. The molecular formula is C29H51NO12. The van der Waals surface area contributed by atoms with Crippen molar-refractivity contribution in [3.05, 3.63) is 0 Å². The number of rotatable bonds is 23. The third-order valence-electron chi connectivity index (χ3n) is 7.25. The van der Waals surface area contributed by atoms with Gasteiger partial charge in [-0.05, 0) is 18.8 Å². The number of esters is 1. The number of carboxylic acid groups (broad SMARTS) is 2. The van der Waals surface area contributed by atoms with E-state index in [-0.39, 0.29) is 30.9 Å². The number of aliphatic carboxylic acids is 2. The van der Waals surface area contributed by atoms with Crippen molar-refractivity contribution in [2.24, 2.45) is 5.92 Å². The number of aliphatic hydroxyl groups excluding tert-OH is 3. The molecule has 1 saturated heterocycles. The highest BCUT2D eigenvalue weighted by Gasteiger charge is 2.45. The van der Waals surface area contributed by atoms with Crippen LogP contribution >= 0.6 is 0 Å². The van der Waals surface area contributed by atoms with Gasteiger partial charge in [0.25, 0.3) is 0 Å². The molecule has 13 nitrogen and oxygen atoms in total. The summed E-state index contributed by atoms with van der Waals surface area (Å²) >= 11 is 0. The molecule has 1 rings (SSSR count). The fourth-order valence-electron chi connectivity index (χ4n) is 4.66. The van der Waals surface area contributed by atoms with Crippen LogP contribution < -0.4 is 5.32 Å². The first-order valence-corrected chi connectivity index (χ1v) is 15.1. The molecule has 0 unspecified atom stereocenters. The summed E-state index contributed by atoms with van der Waals surface area (Å²) in [4.78, 5) is 44.2. The minimum Gasteiger partial charge on any atom is -0.481 e. The van der Waals surface area contributed by atoms with Gasteiger partial charge in [0.15, 0.2) is 6.29 Å². The topological polar surface area (TPSA) is 209 Å². The van der Waals surface area contributed by atoms with Crippen molar-refractivity contribution in [1.82, 2.24) is 5.32 Å². The van der Waals surface area contributed by atoms with Crippen LogP contribution in [0.5, 0.6) is 0 Å². The molecule has 1 aliphatic heterocycles. The van der Waals surface area contributed by atoms with Gasteiger partial charge in [0.1, 0.15) is 37.6 Å². The Morgan fingerprint density at radius 1 is 0.738 bits per heavy atom. The maximum atomic E-state index is 11.7. The van der Waals surface area contributed by atoms with Crippen LogP contribution in [0.4, 0.5) is 0 Å². The molecule has 1 amide bonds. The first-order chi connectivity index (χ1) is 19.9. The van der Waals surface area contributed by atoms with E-state index >= 15 is 0 Å². The number of amides is 1. The molecule has 1 heterocycles. The molecule has 0 saturated carbocycles. The van der Waals surface area contributed by atoms with E-state index in [1.807, 2.05) is 13.8 Å². The Bertz CT molecular complexity index is 807. The van der Waals surface area contributed by atoms with Crippen LogP contribution in [-0.4, -0.2) is 99.3 Å². The molecule has 1 aliphatic rings. The number of carbonyl (C=O) groups is 4. The number of hydrogen-bond acceptors (Lipinski definition) is 10. The van der Waals surface area contributed by atoms with Crippen molar-refractivity contribution in [3.63, 3.8) is 0 Å². The molecule has 244 valence electrons. The van der Waals surface area contributed by atoms with Crippen molar-refractivity contribution in [2.45, 2.75) is 141 Å². The maximum Gasteiger partial charge on any atom is 0.322 e. The Kier molecular flexibility index (Phi) is 19.2. The number of nitrogens with one attached hydrogen (secondary N) is 1. The second-order valence-corrected chi connectivity index (χ2v) is 11.3. The molecule has 6 atom stereocenters. The molecule has 1 fully saturated rings. The summed E-state index contributed by atoms with van der Waals surface area (Å²) in [6.45, 7) is 3.21. The number of aliphatic hydroxyl groups is 3. The first-order valence-electron chi connectivity index (χ1n) is 15.1. The summed E-state index contributed by atoms with van der Waals surface area (Å²) in [5.41, 5.74) is 0. The van der Waals surface area contributed by atoms with Crippen LogP contribution in [0, 0.1) is 5.92 Å². The summed E-state index contributed by atoms with van der Waals surface area (Å²) in [5, 5.41) is 50.6. The zero-order chi connectivity index (χ0) is 31.5. The lowest BCUT2D eigenvalue weighted by atomic mass is 9.97. The summed E-state index contributed by atoms with van der Waals surface area (Å²) < 4.78 is 16.7. The molecule has 0 spiro atoms. The lowest BCUT2D eigenvalue weighted by molar-refractivity contribution is -0.315. The lowest BCUT2D eigenvalue weighted by Crippen LogP contribution is -2.60. The highest BCUT2D eigenvalue weighted by molar-refractivity contribution is 5.81. The lowest BCUT2D eigenvalue weighted by Gasteiger charge is -2.41. The van der Waals surface area contributed by atoms with Gasteiger partial charge in [0.05, 0.1) is 18.9 Å². The average Bonchev–Trinajstić information content (AvgIpc) is 2.93. The number of unbranched alkanes of at least 4 members (excludes halogenated alkanes) is 9. The van der Waals surface area contributed by atoms with E-state index in [1.54, 1.807) is 0 Å². The van der Waals surface area contributed by atoms with Crippen molar-refractivity contribution < 1.29 is 58.9 Å². The Balaban J connectivity index is 2.26. The minimum atomic E-state index is -1.57. The molecular weight excluding hydrogens is 554 g/mol. The van der Waals surface area contributed by atoms with Gasteiger partial charge in [-0.15, -0.1) is 0 Å². The predicted molar refractivity (Wildman–Crippen MR) is 150 cm³/mol. The zero-order valence-electron chi connectivity index (χ0n) is 24.9. The van der Waals surface area contributed by atoms with Crippen molar-refractivity contribution in [3.8, 4) is 0 Å². The van der Waals surface area contributed by atoms with Crippen LogP contribution in [0.15, 0.2) is 0 Å². The monoisotopic (exact) mass is 605 g/mol. The standard InChI is InChI=1S/C29H51NO12/c1-19(2)20(13-11-9-7-5-3-4-6-8-10-12-14-22(31)30-17-24(34)35)41-29-28(39)27(38)26(37)21(42-29)18-40-25(36)16-15-23(32)33/h19-21,26-29,37-39H,3-18H2,1-2H3,(H,30,31)(H,32,33)(H,34,35)/t20-,21+,26-,27-,28+,29+/m0/s1. The van der Waals surface area contributed by atoms with Crippen LogP contribution in [0.3, 0.4) is 0 Å². The van der Waals surface area contributed by atoms with Crippen molar-refractivity contribution in [1.29, 1.82) is 0 Å². The van der Waals surface area contributed by atoms with E-state index in [0.29, 0.717) is 6.42 Å². The maximum absolute atomic E-state index is 11.7. The number of ether oxygens (including phenoxy) is 3. The highest BCUT2D eigenvalue weighted by atomic mass is 16.7. The summed E-state index contributed by atoms with van der Waals surface area (Å²) in [6, 6.07) is 0. The largest absolute Gasteiger partial charge is 0.481 e. The summed E-state index contributed by atoms with van der Waals surface area (Å²) in [7, 11) is 0. The Labute approximate surface area is 247 Å². The zero-order valence-corrected chi connectivity index (χ0v) is 24.9. The van der Waals surface area contributed by atoms with Gasteiger partial charge in [-0.1, -0.05) is 71.6 Å². The molecule has 6 N–H and O–H groups in total. The molecule has 0 aliphatic carbocycles. The first kappa shape index (κ1) is 37.7. The van der Waals surface area contributed by atoms with Gasteiger partial charge in [0.2, 0.25) is 5.91 Å². The fraction of sp³-hybridized carbons (Fsp3) is 0.862. The average molecular weight is 606 g/mol. The third kappa shape index (κ3) is 16.4. The van der Waals surface area contributed by atoms with Gasteiger partial charge in [0, 0.05) is 6.42 Å². The van der Waals surface area contributed by atoms with Crippen molar-refractivity contribution in [2.75, 3.05) is 13.2 Å². The third-order valence-corrected chi connectivity index (χ3v) is 7.25. The van der Waals surface area contributed by atoms with Gasteiger partial charge < -0.3 is 45.1 Å². The van der Waals surface area contributed by atoms with E-state index < -0.39 is 61.6 Å². The van der Waals surface area contributed by atoms with Crippen LogP contribution in [0.2, 0.25) is 0 Å². The SMILES string of the molecule is CC(C)[C@H](CCCCCCCCCCCCC(=O)NCC(=O)O)O[C@@H]1O[C@H](COC(=O)CCC(=O)O)[C@H](O)[C@H](O)[C@H]1O. The van der Waals surface area contributed by atoms with Crippen LogP contribution in [0.25, 0.3) is 0 Å².